The highest BCUT2D eigenvalue weighted by Crippen LogP contribution is 2.21. The number of amides is 1. The maximum Gasteiger partial charge on any atom is 0.243 e. The van der Waals surface area contributed by atoms with Gasteiger partial charge in [0.15, 0.2) is 0 Å². The van der Waals surface area contributed by atoms with Crippen LogP contribution in [0.15, 0.2) is 59.5 Å². The van der Waals surface area contributed by atoms with E-state index in [0.717, 1.165) is 30.4 Å². The Bertz CT molecular complexity index is 858. The molecule has 1 aliphatic rings. The Labute approximate surface area is 161 Å². The number of rotatable bonds is 6. The van der Waals surface area contributed by atoms with Crippen LogP contribution in [0.4, 0.5) is 0 Å². The highest BCUT2D eigenvalue weighted by Gasteiger charge is 2.25. The summed E-state index contributed by atoms with van der Waals surface area (Å²) in [5, 5.41) is 0. The van der Waals surface area contributed by atoms with Crippen molar-refractivity contribution in [2.45, 2.75) is 37.1 Å². The Balaban J connectivity index is 1.62. The van der Waals surface area contributed by atoms with Crippen molar-refractivity contribution < 1.29 is 13.2 Å². The van der Waals surface area contributed by atoms with Gasteiger partial charge in [0.05, 0.1) is 11.3 Å². The summed E-state index contributed by atoms with van der Waals surface area (Å²) < 4.78 is 26.9. The second-order valence-electron chi connectivity index (χ2n) is 7.02. The van der Waals surface area contributed by atoms with Crippen molar-refractivity contribution in [1.29, 1.82) is 0 Å². The number of hydrogen-bond acceptors (Lipinski definition) is 3. The first-order valence-electron chi connectivity index (χ1n) is 9.34. The van der Waals surface area contributed by atoms with Crippen LogP contribution in [-0.4, -0.2) is 43.7 Å². The molecule has 0 N–H and O–H groups in total. The van der Waals surface area contributed by atoms with Gasteiger partial charge in [-0.3, -0.25) is 4.79 Å². The molecule has 1 saturated heterocycles. The largest absolute Gasteiger partial charge is 0.341 e. The zero-order valence-corrected chi connectivity index (χ0v) is 16.5. The molecule has 2 aromatic rings. The molecule has 1 fully saturated rings. The number of piperidine rings is 1. The van der Waals surface area contributed by atoms with Gasteiger partial charge < -0.3 is 4.90 Å². The molecular weight excluding hydrogens is 360 g/mol. The van der Waals surface area contributed by atoms with E-state index in [4.69, 9.17) is 0 Å². The lowest BCUT2D eigenvalue weighted by Gasteiger charge is -2.25. The van der Waals surface area contributed by atoms with E-state index in [1.165, 1.54) is 0 Å². The van der Waals surface area contributed by atoms with Gasteiger partial charge in [-0.15, -0.1) is 0 Å². The average Bonchev–Trinajstić information content (AvgIpc) is 2.70. The third kappa shape index (κ3) is 4.96. The van der Waals surface area contributed by atoms with Gasteiger partial charge in [-0.05, 0) is 36.1 Å². The van der Waals surface area contributed by atoms with E-state index in [0.29, 0.717) is 24.5 Å². The maximum atomic E-state index is 12.7. The summed E-state index contributed by atoms with van der Waals surface area (Å²) in [4.78, 5) is 14.4. The Morgan fingerprint density at radius 3 is 2.19 bits per heavy atom. The van der Waals surface area contributed by atoms with E-state index in [2.05, 4.69) is 0 Å². The van der Waals surface area contributed by atoms with E-state index in [1.54, 1.807) is 40.5 Å². The first-order valence-corrected chi connectivity index (χ1v) is 10.8. The smallest absolute Gasteiger partial charge is 0.243 e. The first kappa shape index (κ1) is 19.6. The van der Waals surface area contributed by atoms with Gasteiger partial charge in [0.2, 0.25) is 15.9 Å². The Morgan fingerprint density at radius 1 is 0.926 bits per heavy atom. The standard InChI is InChI=1S/C21H26N2O3S/c1-22(17-19-8-4-2-5-9-19)21(24)16-18-10-12-20(13-11-18)27(25,26)23-14-6-3-7-15-23/h2,4-5,8-13H,3,6-7,14-17H2,1H3. The van der Waals surface area contributed by atoms with Gasteiger partial charge >= 0.3 is 0 Å². The molecule has 0 spiro atoms. The molecule has 0 radical (unpaired) electrons. The highest BCUT2D eigenvalue weighted by molar-refractivity contribution is 7.89. The fraction of sp³-hybridized carbons (Fsp3) is 0.381. The predicted octanol–water partition coefficient (Wildman–Crippen LogP) is 3.06. The molecule has 0 aliphatic carbocycles. The van der Waals surface area contributed by atoms with Crippen LogP contribution in [0.2, 0.25) is 0 Å². The summed E-state index contributed by atoms with van der Waals surface area (Å²) in [7, 11) is -1.64. The molecule has 0 bridgehead atoms. The molecule has 1 aliphatic heterocycles. The second kappa shape index (κ2) is 8.67. The van der Waals surface area contributed by atoms with Gasteiger partial charge in [-0.1, -0.05) is 48.9 Å². The fourth-order valence-electron chi connectivity index (χ4n) is 3.29. The van der Waals surface area contributed by atoms with E-state index < -0.39 is 10.0 Å². The number of hydrogen-bond donors (Lipinski definition) is 0. The first-order chi connectivity index (χ1) is 13.0. The minimum atomic E-state index is -3.43. The van der Waals surface area contributed by atoms with E-state index >= 15 is 0 Å². The van der Waals surface area contributed by atoms with Crippen molar-refractivity contribution >= 4 is 15.9 Å². The quantitative estimate of drug-likeness (QED) is 0.767. The normalized spacial score (nSPS) is 15.4. The van der Waals surface area contributed by atoms with Crippen LogP contribution in [0.5, 0.6) is 0 Å². The third-order valence-electron chi connectivity index (χ3n) is 4.92. The zero-order chi connectivity index (χ0) is 19.3. The lowest BCUT2D eigenvalue weighted by Crippen LogP contribution is -2.35. The van der Waals surface area contributed by atoms with Crippen molar-refractivity contribution in [2.24, 2.45) is 0 Å². The van der Waals surface area contributed by atoms with Crippen LogP contribution < -0.4 is 0 Å². The van der Waals surface area contributed by atoms with Crippen LogP contribution in [0, 0.1) is 0 Å². The van der Waals surface area contributed by atoms with Gasteiger partial charge in [0, 0.05) is 26.7 Å². The van der Waals surface area contributed by atoms with Crippen LogP contribution in [-0.2, 0) is 27.8 Å². The number of sulfonamides is 1. The lowest BCUT2D eigenvalue weighted by atomic mass is 10.1. The Morgan fingerprint density at radius 2 is 1.56 bits per heavy atom. The molecule has 2 aromatic carbocycles. The minimum absolute atomic E-state index is 0.00508. The van der Waals surface area contributed by atoms with Gasteiger partial charge in [-0.2, -0.15) is 4.31 Å². The van der Waals surface area contributed by atoms with E-state index in [-0.39, 0.29) is 12.3 Å². The predicted molar refractivity (Wildman–Crippen MR) is 106 cm³/mol. The van der Waals surface area contributed by atoms with Crippen LogP contribution >= 0.6 is 0 Å². The SMILES string of the molecule is CN(Cc1ccccc1)C(=O)Cc1ccc(S(=O)(=O)N2CCCCC2)cc1. The van der Waals surface area contributed by atoms with Gasteiger partial charge in [-0.25, -0.2) is 8.42 Å². The molecule has 144 valence electrons. The molecule has 1 heterocycles. The molecule has 27 heavy (non-hydrogen) atoms. The molecule has 1 amide bonds. The number of carbonyl (C=O) groups is 1. The highest BCUT2D eigenvalue weighted by atomic mass is 32.2. The van der Waals surface area contributed by atoms with Crippen molar-refractivity contribution in [3.8, 4) is 0 Å². The topological polar surface area (TPSA) is 57.7 Å². The van der Waals surface area contributed by atoms with Crippen LogP contribution in [0.25, 0.3) is 0 Å². The van der Waals surface area contributed by atoms with Gasteiger partial charge in [0.1, 0.15) is 0 Å². The molecule has 0 saturated carbocycles. The number of benzene rings is 2. The number of likely N-dealkylation sites (N-methyl/N-ethyl adjacent to an activating group) is 1. The summed E-state index contributed by atoms with van der Waals surface area (Å²) >= 11 is 0. The summed E-state index contributed by atoms with van der Waals surface area (Å²) in [6, 6.07) is 16.5. The van der Waals surface area contributed by atoms with Gasteiger partial charge in [0.25, 0.3) is 0 Å². The fourth-order valence-corrected chi connectivity index (χ4v) is 4.81. The molecular formula is C21H26N2O3S. The number of nitrogens with zero attached hydrogens (tertiary/aromatic N) is 2. The molecule has 0 atom stereocenters. The molecule has 6 heteroatoms. The summed E-state index contributed by atoms with van der Waals surface area (Å²) in [6.07, 6.45) is 3.18. The van der Waals surface area contributed by atoms with E-state index in [9.17, 15) is 13.2 Å². The zero-order valence-electron chi connectivity index (χ0n) is 15.7. The van der Waals surface area contributed by atoms with Crippen molar-refractivity contribution in [1.82, 2.24) is 9.21 Å². The monoisotopic (exact) mass is 386 g/mol. The van der Waals surface area contributed by atoms with E-state index in [1.807, 2.05) is 30.3 Å². The van der Waals surface area contributed by atoms with Crippen molar-refractivity contribution in [3.63, 3.8) is 0 Å². The average molecular weight is 387 g/mol. The van der Waals surface area contributed by atoms with Crippen LogP contribution in [0.3, 0.4) is 0 Å². The molecule has 0 aromatic heterocycles. The van der Waals surface area contributed by atoms with Crippen molar-refractivity contribution in [3.05, 3.63) is 65.7 Å². The second-order valence-corrected chi connectivity index (χ2v) is 8.96. The summed E-state index contributed by atoms with van der Waals surface area (Å²) in [5.41, 5.74) is 1.90. The summed E-state index contributed by atoms with van der Waals surface area (Å²) in [5.74, 6) is 0.00508. The summed E-state index contributed by atoms with van der Waals surface area (Å²) in [6.45, 7) is 1.74. The molecule has 5 nitrogen and oxygen atoms in total. The molecule has 3 rings (SSSR count). The molecule has 0 unspecified atom stereocenters. The van der Waals surface area contributed by atoms with Crippen molar-refractivity contribution in [2.75, 3.05) is 20.1 Å². The maximum absolute atomic E-state index is 12.7. The Kier molecular flexibility index (Phi) is 6.29. The Hall–Kier alpha value is -2.18. The number of carbonyl (C=O) groups excluding carboxylic acids is 1. The minimum Gasteiger partial charge on any atom is -0.341 e. The lowest BCUT2D eigenvalue weighted by molar-refractivity contribution is -0.129. The third-order valence-corrected chi connectivity index (χ3v) is 6.83. The van der Waals surface area contributed by atoms with Crippen LogP contribution in [0.1, 0.15) is 30.4 Å².